The van der Waals surface area contributed by atoms with Gasteiger partial charge in [0.15, 0.2) is 5.78 Å². The molecule has 0 aliphatic rings. The second kappa shape index (κ2) is 12.2. The molecule has 4 rings (SSSR count). The van der Waals surface area contributed by atoms with E-state index >= 15 is 0 Å². The molecular weight excluding hydrogens is 478 g/mol. The van der Waals surface area contributed by atoms with Crippen LogP contribution in [0.25, 0.3) is 5.52 Å². The van der Waals surface area contributed by atoms with Crippen molar-refractivity contribution in [3.05, 3.63) is 101 Å². The van der Waals surface area contributed by atoms with Crippen LogP contribution in [0.3, 0.4) is 0 Å². The summed E-state index contributed by atoms with van der Waals surface area (Å²) in [6.45, 7) is 4.41. The average Bonchev–Trinajstić information content (AvgIpc) is 3.26. The number of anilines is 2. The zero-order chi connectivity index (χ0) is 27.1. The molecule has 0 aliphatic carbocycles. The number of fused-ring (bicyclic) bond motifs is 1. The topological polar surface area (TPSA) is 99.9 Å². The van der Waals surface area contributed by atoms with E-state index in [9.17, 15) is 14.4 Å². The van der Waals surface area contributed by atoms with Gasteiger partial charge in [0.05, 0.1) is 12.1 Å². The lowest BCUT2D eigenvalue weighted by molar-refractivity contribution is -0.137. The van der Waals surface area contributed by atoms with Gasteiger partial charge in [0.2, 0.25) is 5.91 Å². The van der Waals surface area contributed by atoms with Gasteiger partial charge >= 0.3 is 5.97 Å². The molecule has 0 fully saturated rings. The molecule has 0 aliphatic heterocycles. The van der Waals surface area contributed by atoms with Gasteiger partial charge in [0, 0.05) is 40.8 Å². The second-order valence-corrected chi connectivity index (χ2v) is 9.86. The predicted octanol–water partition coefficient (Wildman–Crippen LogP) is 5.83. The molecule has 38 heavy (non-hydrogen) atoms. The molecule has 0 atom stereocenters. The number of aromatic nitrogens is 1. The van der Waals surface area contributed by atoms with Crippen LogP contribution in [-0.2, 0) is 22.4 Å². The molecule has 0 saturated heterocycles. The molecule has 2 aromatic carbocycles. The molecule has 2 heterocycles. The van der Waals surface area contributed by atoms with Gasteiger partial charge in [0.25, 0.3) is 0 Å². The minimum atomic E-state index is -0.834. The van der Waals surface area contributed by atoms with E-state index in [0.29, 0.717) is 35.6 Å². The number of carboxylic acid groups (broad SMARTS) is 1. The zero-order valence-corrected chi connectivity index (χ0v) is 21.7. The Labute approximate surface area is 222 Å². The number of carbonyl (C=O) groups is 3. The number of aliphatic carboxylic acids is 1. The molecule has 0 unspecified atom stereocenters. The van der Waals surface area contributed by atoms with Crippen molar-refractivity contribution >= 4 is 34.6 Å². The summed E-state index contributed by atoms with van der Waals surface area (Å²) in [6.07, 6.45) is 4.01. The van der Waals surface area contributed by atoms with Crippen LogP contribution in [0.1, 0.15) is 53.9 Å². The van der Waals surface area contributed by atoms with Gasteiger partial charge in [0.1, 0.15) is 0 Å². The van der Waals surface area contributed by atoms with Gasteiger partial charge in [-0.05, 0) is 73.2 Å². The maximum atomic E-state index is 13.5. The highest BCUT2D eigenvalue weighted by molar-refractivity contribution is 6.14. The summed E-state index contributed by atoms with van der Waals surface area (Å²) in [5.74, 6) is -0.569. The smallest absolute Gasteiger partial charge is 0.303 e. The fourth-order valence-corrected chi connectivity index (χ4v) is 4.53. The van der Waals surface area contributed by atoms with E-state index in [2.05, 4.69) is 24.5 Å². The molecule has 2 aromatic heterocycles. The third-order valence-corrected chi connectivity index (χ3v) is 6.28. The lowest BCUT2D eigenvalue weighted by Gasteiger charge is -2.10. The van der Waals surface area contributed by atoms with Crippen LogP contribution in [0.4, 0.5) is 11.4 Å². The highest BCUT2D eigenvalue weighted by Gasteiger charge is 2.17. The van der Waals surface area contributed by atoms with E-state index in [1.807, 2.05) is 65.2 Å². The summed E-state index contributed by atoms with van der Waals surface area (Å²) in [7, 11) is 0. The summed E-state index contributed by atoms with van der Waals surface area (Å²) < 4.78 is 1.94. The summed E-state index contributed by atoms with van der Waals surface area (Å²) in [5.41, 5.74) is 5.39. The molecular formula is C31H33N3O4. The summed E-state index contributed by atoms with van der Waals surface area (Å²) >= 11 is 0. The number of carbonyl (C=O) groups excluding carboxylic acids is 2. The Kier molecular flexibility index (Phi) is 8.58. The quantitative estimate of drug-likeness (QED) is 0.208. The zero-order valence-electron chi connectivity index (χ0n) is 21.7. The van der Waals surface area contributed by atoms with Crippen LogP contribution < -0.4 is 10.6 Å². The van der Waals surface area contributed by atoms with E-state index in [1.165, 1.54) is 5.56 Å². The van der Waals surface area contributed by atoms with Crippen LogP contribution in [0.2, 0.25) is 0 Å². The molecule has 0 radical (unpaired) electrons. The molecule has 196 valence electrons. The second-order valence-electron chi connectivity index (χ2n) is 9.86. The van der Waals surface area contributed by atoms with Crippen molar-refractivity contribution < 1.29 is 19.5 Å². The molecule has 4 aromatic rings. The van der Waals surface area contributed by atoms with Crippen molar-refractivity contribution in [3.63, 3.8) is 0 Å². The lowest BCUT2D eigenvalue weighted by atomic mass is 10.0. The normalized spacial score (nSPS) is 11.0. The van der Waals surface area contributed by atoms with E-state index in [1.54, 1.807) is 18.2 Å². The van der Waals surface area contributed by atoms with Crippen molar-refractivity contribution in [1.29, 1.82) is 0 Å². The average molecular weight is 512 g/mol. The number of hydrogen-bond donors (Lipinski definition) is 3. The molecule has 0 bridgehead atoms. The van der Waals surface area contributed by atoms with Gasteiger partial charge in [-0.2, -0.15) is 0 Å². The Morgan fingerprint density at radius 3 is 2.45 bits per heavy atom. The summed E-state index contributed by atoms with van der Waals surface area (Å²) in [5, 5.41) is 15.0. The minimum absolute atomic E-state index is 0.0638. The van der Waals surface area contributed by atoms with E-state index in [-0.39, 0.29) is 24.7 Å². The van der Waals surface area contributed by atoms with Crippen LogP contribution in [-0.4, -0.2) is 33.7 Å². The van der Waals surface area contributed by atoms with Crippen LogP contribution in [0, 0.1) is 5.92 Å². The fourth-order valence-electron chi connectivity index (χ4n) is 4.53. The standard InChI is InChI=1S/C31H33N3O4/c1-21(2)17-22-12-14-24(15-13-22)33-29(35)20-32-25-8-5-7-23(18-25)31(38)27-19-26(9-6-11-30(36)37)34-16-4-3-10-28(27)34/h3-5,7-8,10,12-16,18-19,21,32H,6,9,11,17,20H2,1-2H3,(H,33,35)(H,36,37). The Morgan fingerprint density at radius 1 is 0.921 bits per heavy atom. The predicted molar refractivity (Wildman–Crippen MR) is 150 cm³/mol. The molecule has 0 saturated carbocycles. The number of benzene rings is 2. The maximum Gasteiger partial charge on any atom is 0.303 e. The fraction of sp³-hybridized carbons (Fsp3) is 0.258. The highest BCUT2D eigenvalue weighted by Crippen LogP contribution is 2.23. The number of pyridine rings is 1. The lowest BCUT2D eigenvalue weighted by Crippen LogP contribution is -2.21. The Bertz CT molecular complexity index is 1440. The maximum absolute atomic E-state index is 13.5. The Hall–Kier alpha value is -4.39. The van der Waals surface area contributed by atoms with Crippen LogP contribution in [0.15, 0.2) is 79.0 Å². The molecule has 7 nitrogen and oxygen atoms in total. The first-order chi connectivity index (χ1) is 18.3. The van der Waals surface area contributed by atoms with Crippen molar-refractivity contribution in [2.45, 2.75) is 39.5 Å². The first-order valence-corrected chi connectivity index (χ1v) is 12.9. The minimum Gasteiger partial charge on any atom is -0.481 e. The largest absolute Gasteiger partial charge is 0.481 e. The molecule has 3 N–H and O–H groups in total. The monoisotopic (exact) mass is 511 g/mol. The highest BCUT2D eigenvalue weighted by atomic mass is 16.4. The van der Waals surface area contributed by atoms with Crippen LogP contribution >= 0.6 is 0 Å². The van der Waals surface area contributed by atoms with E-state index in [4.69, 9.17) is 5.11 Å². The first kappa shape index (κ1) is 26.7. The Balaban J connectivity index is 1.42. The number of hydrogen-bond acceptors (Lipinski definition) is 4. The first-order valence-electron chi connectivity index (χ1n) is 12.9. The van der Waals surface area contributed by atoms with E-state index in [0.717, 1.165) is 23.3 Å². The van der Waals surface area contributed by atoms with Crippen LogP contribution in [0.5, 0.6) is 0 Å². The van der Waals surface area contributed by atoms with Gasteiger partial charge in [-0.3, -0.25) is 14.4 Å². The Morgan fingerprint density at radius 2 is 1.71 bits per heavy atom. The van der Waals surface area contributed by atoms with Gasteiger partial charge in [-0.1, -0.05) is 44.2 Å². The molecule has 0 spiro atoms. The number of amides is 1. The van der Waals surface area contributed by atoms with E-state index < -0.39 is 5.97 Å². The van der Waals surface area contributed by atoms with Crippen molar-refractivity contribution in [2.24, 2.45) is 5.92 Å². The number of ketones is 1. The van der Waals surface area contributed by atoms with Gasteiger partial charge in [-0.25, -0.2) is 0 Å². The summed E-state index contributed by atoms with van der Waals surface area (Å²) in [4.78, 5) is 36.9. The number of nitrogens with one attached hydrogen (secondary N) is 2. The number of nitrogens with zero attached hydrogens (tertiary/aromatic N) is 1. The van der Waals surface area contributed by atoms with Crippen molar-refractivity contribution in [3.8, 4) is 0 Å². The number of aryl methyl sites for hydroxylation is 1. The molecule has 1 amide bonds. The SMILES string of the molecule is CC(C)Cc1ccc(NC(=O)CNc2cccc(C(=O)c3cc(CCCC(=O)O)n4ccccc34)c2)cc1. The third-order valence-electron chi connectivity index (χ3n) is 6.28. The summed E-state index contributed by atoms with van der Waals surface area (Å²) in [6, 6.07) is 22.5. The third kappa shape index (κ3) is 6.88. The van der Waals surface area contributed by atoms with Crippen molar-refractivity contribution in [1.82, 2.24) is 4.40 Å². The van der Waals surface area contributed by atoms with Gasteiger partial charge in [-0.15, -0.1) is 0 Å². The number of carboxylic acids is 1. The van der Waals surface area contributed by atoms with Crippen molar-refractivity contribution in [2.75, 3.05) is 17.2 Å². The molecule has 7 heteroatoms. The van der Waals surface area contributed by atoms with Gasteiger partial charge < -0.3 is 20.1 Å². The number of rotatable bonds is 12.